The number of hydrogen-bond acceptors (Lipinski definition) is 4. The van der Waals surface area contributed by atoms with E-state index >= 15 is 0 Å². The number of halogens is 1. The molecule has 2 unspecified atom stereocenters. The van der Waals surface area contributed by atoms with Crippen LogP contribution in [-0.2, 0) is 21.5 Å². The maximum absolute atomic E-state index is 13.6. The van der Waals surface area contributed by atoms with Crippen molar-refractivity contribution >= 4 is 10.2 Å². The number of benzene rings is 2. The van der Waals surface area contributed by atoms with Crippen LogP contribution in [0.15, 0.2) is 54.6 Å². The highest BCUT2D eigenvalue weighted by atomic mass is 32.2. The predicted molar refractivity (Wildman–Crippen MR) is 137 cm³/mol. The van der Waals surface area contributed by atoms with Gasteiger partial charge >= 0.3 is 0 Å². The van der Waals surface area contributed by atoms with Gasteiger partial charge in [-0.25, -0.2) is 4.39 Å². The number of piperidine rings is 1. The summed E-state index contributed by atoms with van der Waals surface area (Å²) in [6, 6.07) is 17.2. The Morgan fingerprint density at radius 2 is 1.77 bits per heavy atom. The molecule has 1 heterocycles. The average Bonchev–Trinajstić information content (AvgIpc) is 2.85. The monoisotopic (exact) mass is 503 g/mol. The van der Waals surface area contributed by atoms with Crippen molar-refractivity contribution in [2.75, 3.05) is 33.8 Å². The van der Waals surface area contributed by atoms with Crippen LogP contribution in [0, 0.1) is 11.7 Å². The summed E-state index contributed by atoms with van der Waals surface area (Å²) in [6.45, 7) is 3.00. The third-order valence-electron chi connectivity index (χ3n) is 7.39. The Kier molecular flexibility index (Phi) is 8.94. The molecule has 8 heteroatoms. The van der Waals surface area contributed by atoms with E-state index in [0.29, 0.717) is 12.5 Å². The molecule has 4 rings (SSSR count). The largest absolute Gasteiger partial charge is 0.378 e. The van der Waals surface area contributed by atoms with Crippen molar-refractivity contribution in [3.63, 3.8) is 0 Å². The van der Waals surface area contributed by atoms with Gasteiger partial charge in [0.25, 0.3) is 10.2 Å². The molecule has 2 atom stereocenters. The summed E-state index contributed by atoms with van der Waals surface area (Å²) in [7, 11) is -0.411. The zero-order valence-electron chi connectivity index (χ0n) is 20.8. The highest BCUT2D eigenvalue weighted by Crippen LogP contribution is 2.34. The normalized spacial score (nSPS) is 26.2. The second-order valence-electron chi connectivity index (χ2n) is 10.1. The molecule has 1 N–H and O–H groups in total. The van der Waals surface area contributed by atoms with E-state index in [9.17, 15) is 12.8 Å². The van der Waals surface area contributed by atoms with Gasteiger partial charge in [0, 0.05) is 45.7 Å². The van der Waals surface area contributed by atoms with Crippen LogP contribution in [0.2, 0.25) is 0 Å². The second kappa shape index (κ2) is 11.9. The number of nitrogens with one attached hydrogen (secondary N) is 1. The summed E-state index contributed by atoms with van der Waals surface area (Å²) in [4.78, 5) is 2.39. The minimum atomic E-state index is -3.51. The molecule has 35 heavy (non-hydrogen) atoms. The van der Waals surface area contributed by atoms with Crippen LogP contribution >= 0.6 is 0 Å². The topological polar surface area (TPSA) is 61.9 Å². The molecule has 0 aromatic heterocycles. The van der Waals surface area contributed by atoms with Crippen molar-refractivity contribution in [3.8, 4) is 0 Å². The van der Waals surface area contributed by atoms with Crippen LogP contribution in [0.3, 0.4) is 0 Å². The molecule has 0 spiro atoms. The van der Waals surface area contributed by atoms with E-state index in [1.807, 2.05) is 24.3 Å². The van der Waals surface area contributed by atoms with E-state index in [-0.39, 0.29) is 23.9 Å². The van der Waals surface area contributed by atoms with Gasteiger partial charge in [0.15, 0.2) is 0 Å². The minimum absolute atomic E-state index is 0.0723. The van der Waals surface area contributed by atoms with E-state index in [2.05, 4.69) is 21.8 Å². The molecule has 1 saturated carbocycles. The lowest BCUT2D eigenvalue weighted by Crippen LogP contribution is -2.54. The van der Waals surface area contributed by atoms with E-state index in [1.54, 1.807) is 26.2 Å². The van der Waals surface area contributed by atoms with Crippen LogP contribution in [0.4, 0.5) is 4.39 Å². The van der Waals surface area contributed by atoms with Gasteiger partial charge in [-0.1, -0.05) is 42.5 Å². The molecule has 0 radical (unpaired) electrons. The van der Waals surface area contributed by atoms with Crippen LogP contribution in [0.25, 0.3) is 0 Å². The maximum atomic E-state index is 13.6. The Bertz CT molecular complexity index is 1040. The Balaban J connectivity index is 1.35. The highest BCUT2D eigenvalue weighted by Gasteiger charge is 2.34. The van der Waals surface area contributed by atoms with Crippen LogP contribution in [0.1, 0.15) is 49.1 Å². The molecule has 1 saturated heterocycles. The zero-order valence-corrected chi connectivity index (χ0v) is 21.6. The third kappa shape index (κ3) is 7.33. The van der Waals surface area contributed by atoms with Crippen molar-refractivity contribution in [3.05, 3.63) is 71.5 Å². The quantitative estimate of drug-likeness (QED) is 0.558. The number of hydrogen-bond donors (Lipinski definition) is 1. The summed E-state index contributed by atoms with van der Waals surface area (Å²) in [5, 5.41) is 0. The molecule has 192 valence electrons. The molecule has 1 aliphatic heterocycles. The Morgan fingerprint density at radius 3 is 2.46 bits per heavy atom. The first-order chi connectivity index (χ1) is 16.8. The number of nitrogens with zero attached hydrogens (tertiary/aromatic N) is 2. The van der Waals surface area contributed by atoms with Crippen molar-refractivity contribution in [1.82, 2.24) is 13.9 Å². The standard InChI is InChI=1S/C27H38FN3O3S/c1-30(2)35(32,33)29-27-15-16-31(18-21-7-4-3-5-8-21)19-24(27)20-34-26-13-11-22(12-14-26)23-9-6-10-25(28)17-23/h3-10,17,22,24,26-27,29H,11-16,18-20H2,1-2H3/t22-,24?,26+,27?. The summed E-state index contributed by atoms with van der Waals surface area (Å²) >= 11 is 0. The van der Waals surface area contributed by atoms with Crippen LogP contribution < -0.4 is 4.72 Å². The van der Waals surface area contributed by atoms with E-state index in [1.165, 1.54) is 15.9 Å². The molecule has 2 fully saturated rings. The second-order valence-corrected chi connectivity index (χ2v) is 12.1. The number of likely N-dealkylation sites (tertiary alicyclic amines) is 1. The number of ether oxygens (including phenoxy) is 1. The third-order valence-corrected chi connectivity index (χ3v) is 8.95. The average molecular weight is 504 g/mol. The Hall–Kier alpha value is -1.84. The lowest BCUT2D eigenvalue weighted by atomic mass is 9.82. The lowest BCUT2D eigenvalue weighted by Gasteiger charge is -2.40. The van der Waals surface area contributed by atoms with Crippen LogP contribution in [-0.4, -0.2) is 63.6 Å². The Labute approximate surface area is 209 Å². The zero-order chi connectivity index (χ0) is 24.8. The molecule has 0 bridgehead atoms. The van der Waals surface area contributed by atoms with Gasteiger partial charge in [-0.05, 0) is 61.3 Å². The van der Waals surface area contributed by atoms with Crippen molar-refractivity contribution in [2.45, 2.75) is 56.7 Å². The molecule has 2 aliphatic rings. The molecule has 1 aliphatic carbocycles. The van der Waals surface area contributed by atoms with E-state index in [4.69, 9.17) is 4.74 Å². The van der Waals surface area contributed by atoms with Crippen LogP contribution in [0.5, 0.6) is 0 Å². The molecule has 2 aromatic carbocycles. The fourth-order valence-electron chi connectivity index (χ4n) is 5.30. The molecule has 6 nitrogen and oxygen atoms in total. The summed E-state index contributed by atoms with van der Waals surface area (Å²) < 4.78 is 49.2. The molecular formula is C27H38FN3O3S. The van der Waals surface area contributed by atoms with Crippen molar-refractivity contribution in [2.24, 2.45) is 5.92 Å². The highest BCUT2D eigenvalue weighted by molar-refractivity contribution is 7.87. The molecular weight excluding hydrogens is 465 g/mol. The summed E-state index contributed by atoms with van der Waals surface area (Å²) in [5.74, 6) is 0.272. The fraction of sp³-hybridized carbons (Fsp3) is 0.556. The van der Waals surface area contributed by atoms with Gasteiger partial charge in [-0.2, -0.15) is 17.4 Å². The first-order valence-corrected chi connectivity index (χ1v) is 14.1. The van der Waals surface area contributed by atoms with Gasteiger partial charge in [0.1, 0.15) is 5.82 Å². The van der Waals surface area contributed by atoms with Crippen molar-refractivity contribution in [1.29, 1.82) is 0 Å². The maximum Gasteiger partial charge on any atom is 0.279 e. The number of rotatable bonds is 9. The summed E-state index contributed by atoms with van der Waals surface area (Å²) in [5.41, 5.74) is 2.33. The molecule has 2 aromatic rings. The van der Waals surface area contributed by atoms with Gasteiger partial charge in [0.2, 0.25) is 0 Å². The smallest absolute Gasteiger partial charge is 0.279 e. The van der Waals surface area contributed by atoms with Gasteiger partial charge in [-0.3, -0.25) is 4.90 Å². The van der Waals surface area contributed by atoms with Crippen molar-refractivity contribution < 1.29 is 17.5 Å². The predicted octanol–water partition coefficient (Wildman–Crippen LogP) is 4.16. The summed E-state index contributed by atoms with van der Waals surface area (Å²) in [6.07, 6.45) is 4.76. The molecule has 0 amide bonds. The fourth-order valence-corrected chi connectivity index (χ4v) is 6.20. The lowest BCUT2D eigenvalue weighted by molar-refractivity contribution is -0.0180. The minimum Gasteiger partial charge on any atom is -0.378 e. The van der Waals surface area contributed by atoms with Gasteiger partial charge in [0.05, 0.1) is 12.7 Å². The Morgan fingerprint density at radius 1 is 1.03 bits per heavy atom. The van der Waals surface area contributed by atoms with E-state index in [0.717, 1.165) is 57.3 Å². The van der Waals surface area contributed by atoms with Gasteiger partial charge < -0.3 is 4.74 Å². The van der Waals surface area contributed by atoms with E-state index < -0.39 is 10.2 Å². The first kappa shape index (κ1) is 26.2. The first-order valence-electron chi connectivity index (χ1n) is 12.6. The van der Waals surface area contributed by atoms with Gasteiger partial charge in [-0.15, -0.1) is 0 Å². The SMILES string of the molecule is CN(C)S(=O)(=O)NC1CCN(Cc2ccccc2)CC1CO[C@H]1CC[C@@H](c2cccc(F)c2)CC1.